The summed E-state index contributed by atoms with van der Waals surface area (Å²) in [5, 5.41) is 28.4. The molecule has 5 rings (SSSR count). The molecule has 4 N–H and O–H groups in total. The van der Waals surface area contributed by atoms with E-state index in [4.69, 9.17) is 4.74 Å². The van der Waals surface area contributed by atoms with Crippen LogP contribution in [0.5, 0.6) is 5.88 Å². The smallest absolute Gasteiger partial charge is 0.407 e. The predicted molar refractivity (Wildman–Crippen MR) is 164 cm³/mol. The van der Waals surface area contributed by atoms with Gasteiger partial charge in [-0.05, 0) is 51.2 Å². The van der Waals surface area contributed by atoms with Crippen molar-refractivity contribution in [3.63, 3.8) is 0 Å². The van der Waals surface area contributed by atoms with E-state index in [0.717, 1.165) is 12.8 Å². The Morgan fingerprint density at radius 3 is 2.26 bits per heavy atom. The van der Waals surface area contributed by atoms with E-state index < -0.39 is 48.5 Å². The van der Waals surface area contributed by atoms with Crippen LogP contribution in [0.25, 0.3) is 5.69 Å². The fraction of sp³-hybridized carbons (Fsp3) is 0.516. The van der Waals surface area contributed by atoms with Crippen LogP contribution < -0.4 is 15.4 Å². The van der Waals surface area contributed by atoms with Crippen LogP contribution in [0.15, 0.2) is 36.4 Å². The lowest BCUT2D eigenvalue weighted by Crippen LogP contribution is -2.55. The van der Waals surface area contributed by atoms with Gasteiger partial charge in [0.05, 0.1) is 5.69 Å². The number of para-hydroxylation sites is 1. The Labute approximate surface area is 270 Å². The maximum atomic E-state index is 13.5. The maximum Gasteiger partial charge on any atom is 0.407 e. The summed E-state index contributed by atoms with van der Waals surface area (Å²) in [7, 11) is 0. The first-order valence-corrected chi connectivity index (χ1v) is 15.7. The quantitative estimate of drug-likeness (QED) is 0.252. The molecule has 2 saturated heterocycles. The van der Waals surface area contributed by atoms with E-state index >= 15 is 0 Å². The fourth-order valence-corrected chi connectivity index (χ4v) is 5.70. The average Bonchev–Trinajstić information content (AvgIpc) is 3.56. The molecule has 252 valence electrons. The number of likely N-dealkylation sites (tertiary alicyclic amines) is 1. The van der Waals surface area contributed by atoms with E-state index in [1.165, 1.54) is 25.4 Å². The number of carbonyl (C=O) groups is 6. The highest BCUT2D eigenvalue weighted by Gasteiger charge is 2.39. The number of rotatable bonds is 12. The molecule has 3 aliphatic rings. The third-order valence-electron chi connectivity index (χ3n) is 8.43. The lowest BCUT2D eigenvalue weighted by atomic mass is 10.1. The van der Waals surface area contributed by atoms with Crippen LogP contribution in [-0.4, -0.2) is 127 Å². The van der Waals surface area contributed by atoms with Gasteiger partial charge in [0.25, 0.3) is 11.8 Å². The summed E-state index contributed by atoms with van der Waals surface area (Å²) in [6.45, 7) is 2.34. The molecular formula is C31H39N7O9. The van der Waals surface area contributed by atoms with Crippen LogP contribution >= 0.6 is 0 Å². The molecule has 1 saturated carbocycles. The molecule has 16 nitrogen and oxygen atoms in total. The molecule has 0 bridgehead atoms. The summed E-state index contributed by atoms with van der Waals surface area (Å²) in [5.74, 6) is -2.94. The Hall–Kier alpha value is -5.15. The zero-order valence-corrected chi connectivity index (χ0v) is 26.0. The van der Waals surface area contributed by atoms with Crippen molar-refractivity contribution in [3.05, 3.63) is 42.1 Å². The Kier molecular flexibility index (Phi) is 10.3. The number of carbonyl (C=O) groups excluding carboxylic acids is 4. The zero-order chi connectivity index (χ0) is 33.7. The molecule has 0 spiro atoms. The number of piperazine rings is 1. The monoisotopic (exact) mass is 653 g/mol. The van der Waals surface area contributed by atoms with Crippen molar-refractivity contribution >= 4 is 35.7 Å². The van der Waals surface area contributed by atoms with Gasteiger partial charge in [0.1, 0.15) is 12.1 Å². The molecule has 5 amide bonds. The van der Waals surface area contributed by atoms with E-state index in [1.54, 1.807) is 37.3 Å². The predicted octanol–water partition coefficient (Wildman–Crippen LogP) is 0.695. The minimum absolute atomic E-state index is 0.0681. The molecule has 3 heterocycles. The molecule has 0 radical (unpaired) electrons. The molecule has 47 heavy (non-hydrogen) atoms. The first kappa shape index (κ1) is 33.2. The molecule has 16 heteroatoms. The number of ether oxygens (including phenoxy) is 1. The summed E-state index contributed by atoms with van der Waals surface area (Å²) in [4.78, 5) is 79.8. The Morgan fingerprint density at radius 1 is 0.936 bits per heavy atom. The van der Waals surface area contributed by atoms with Crippen LogP contribution in [0.3, 0.4) is 0 Å². The second kappa shape index (κ2) is 14.5. The average molecular weight is 654 g/mol. The number of amides is 5. The van der Waals surface area contributed by atoms with Crippen molar-refractivity contribution in [3.8, 4) is 11.6 Å². The topological polar surface area (TPSA) is 204 Å². The molecule has 1 aromatic heterocycles. The van der Waals surface area contributed by atoms with Gasteiger partial charge >= 0.3 is 12.1 Å². The summed E-state index contributed by atoms with van der Waals surface area (Å²) >= 11 is 0. The fourth-order valence-electron chi connectivity index (χ4n) is 5.70. The van der Waals surface area contributed by atoms with Gasteiger partial charge in [-0.3, -0.25) is 24.0 Å². The van der Waals surface area contributed by atoms with Crippen molar-refractivity contribution in [2.45, 2.75) is 69.7 Å². The normalized spacial score (nSPS) is 19.1. The van der Waals surface area contributed by atoms with E-state index in [1.807, 2.05) is 0 Å². The zero-order valence-electron chi connectivity index (χ0n) is 26.0. The van der Waals surface area contributed by atoms with Crippen LogP contribution in [0.4, 0.5) is 4.79 Å². The molecule has 2 unspecified atom stereocenters. The molecule has 2 aromatic rings. The largest absolute Gasteiger partial charge is 0.481 e. The van der Waals surface area contributed by atoms with Gasteiger partial charge < -0.3 is 40.3 Å². The summed E-state index contributed by atoms with van der Waals surface area (Å²) in [5.41, 5.74) is 0.383. The molecule has 3 atom stereocenters. The number of carboxylic acid groups (broad SMARTS) is 2. The summed E-state index contributed by atoms with van der Waals surface area (Å²) in [6, 6.07) is 8.46. The number of carboxylic acids is 1. The molecule has 1 aliphatic carbocycles. The lowest BCUT2D eigenvalue weighted by molar-refractivity contribution is -0.143. The van der Waals surface area contributed by atoms with Gasteiger partial charge in [-0.15, -0.1) is 0 Å². The molecule has 3 fully saturated rings. The van der Waals surface area contributed by atoms with Gasteiger partial charge in [-0.1, -0.05) is 18.2 Å². The summed E-state index contributed by atoms with van der Waals surface area (Å²) in [6.07, 6.45) is 0.384. The van der Waals surface area contributed by atoms with Crippen molar-refractivity contribution in [1.82, 2.24) is 35.1 Å². The number of hydrogen-bond acceptors (Lipinski definition) is 8. The van der Waals surface area contributed by atoms with Crippen LogP contribution in [0.1, 0.15) is 55.9 Å². The van der Waals surface area contributed by atoms with Gasteiger partial charge in [-0.25, -0.2) is 9.48 Å². The van der Waals surface area contributed by atoms with Gasteiger partial charge in [0, 0.05) is 51.3 Å². The van der Waals surface area contributed by atoms with Gasteiger partial charge in [-0.2, -0.15) is 5.10 Å². The number of nitrogens with zero attached hydrogens (tertiary/aromatic N) is 5. The molecule has 1 aromatic carbocycles. The van der Waals surface area contributed by atoms with E-state index in [9.17, 15) is 39.0 Å². The second-order valence-corrected chi connectivity index (χ2v) is 11.9. The number of aliphatic carboxylic acids is 1. The van der Waals surface area contributed by atoms with Gasteiger partial charge in [0.2, 0.25) is 17.7 Å². The lowest BCUT2D eigenvalue weighted by Gasteiger charge is -2.35. The second-order valence-electron chi connectivity index (χ2n) is 11.9. The van der Waals surface area contributed by atoms with E-state index in [0.29, 0.717) is 25.1 Å². The van der Waals surface area contributed by atoms with Crippen LogP contribution in [0.2, 0.25) is 0 Å². The minimum Gasteiger partial charge on any atom is -0.481 e. The third-order valence-corrected chi connectivity index (χ3v) is 8.43. The Bertz CT molecular complexity index is 1500. The summed E-state index contributed by atoms with van der Waals surface area (Å²) < 4.78 is 7.42. The molecule has 2 aliphatic heterocycles. The Balaban J connectivity index is 1.32. The van der Waals surface area contributed by atoms with Crippen molar-refractivity contribution in [1.29, 1.82) is 0 Å². The van der Waals surface area contributed by atoms with Crippen LogP contribution in [-0.2, 0) is 19.2 Å². The third kappa shape index (κ3) is 8.17. The number of benzene rings is 1. The SMILES string of the molecule is C[C@H](Oc1cc(C(=O)NC(CCC(=O)O)C(=O)N2CCN(C(=O)O)CC2)nn1-c1ccccc1)C(=O)N1CCCC1C(=O)NC1CC1. The highest BCUT2D eigenvalue weighted by molar-refractivity contribution is 5.96. The Morgan fingerprint density at radius 2 is 1.62 bits per heavy atom. The van der Waals surface area contributed by atoms with E-state index in [2.05, 4.69) is 15.7 Å². The highest BCUT2D eigenvalue weighted by Crippen LogP contribution is 2.25. The van der Waals surface area contributed by atoms with Crippen molar-refractivity contribution in [2.24, 2.45) is 0 Å². The molecular weight excluding hydrogens is 614 g/mol. The minimum atomic E-state index is -1.21. The van der Waals surface area contributed by atoms with E-state index in [-0.39, 0.29) is 62.0 Å². The van der Waals surface area contributed by atoms with Crippen molar-refractivity contribution in [2.75, 3.05) is 32.7 Å². The number of aromatic nitrogens is 2. The maximum absolute atomic E-state index is 13.5. The first-order valence-electron chi connectivity index (χ1n) is 15.7. The number of hydrogen-bond donors (Lipinski definition) is 4. The standard InChI is InChI=1S/C31H39N7O9/c1-19(29(43)37-13-5-8-24(37)28(42)32-20-9-10-20)47-25-18-23(34-38(25)21-6-3-2-4-7-21)27(41)33-22(11-12-26(39)40)30(44)35-14-16-36(17-15-35)31(45)46/h2-4,6-7,18-20,22,24H,5,8-17H2,1H3,(H,32,42)(H,33,41)(H,39,40)(H,45,46)/t19-,22?,24?/m0/s1. The highest BCUT2D eigenvalue weighted by atomic mass is 16.5. The van der Waals surface area contributed by atoms with Crippen LogP contribution in [0, 0.1) is 0 Å². The van der Waals surface area contributed by atoms with Gasteiger partial charge in [0.15, 0.2) is 11.8 Å². The van der Waals surface area contributed by atoms with Crippen molar-refractivity contribution < 1.29 is 43.7 Å². The first-order chi connectivity index (χ1) is 22.5. The number of nitrogens with one attached hydrogen (secondary N) is 2.